The Morgan fingerprint density at radius 2 is 2.10 bits per heavy atom. The number of anilines is 1. The van der Waals surface area contributed by atoms with E-state index < -0.39 is 0 Å². The highest BCUT2D eigenvalue weighted by Gasteiger charge is 2.28. The highest BCUT2D eigenvalue weighted by molar-refractivity contribution is 5.35. The zero-order valence-electron chi connectivity index (χ0n) is 14.1. The molecule has 118 valence electrons. The summed E-state index contributed by atoms with van der Waals surface area (Å²) in [5.74, 6) is 1.90. The van der Waals surface area contributed by atoms with Crippen LogP contribution in [0.3, 0.4) is 0 Å². The Hall–Kier alpha value is -1.20. The molecule has 5 heteroatoms. The van der Waals surface area contributed by atoms with E-state index in [9.17, 15) is 0 Å². The summed E-state index contributed by atoms with van der Waals surface area (Å²) in [6, 6.07) is 2.94. The van der Waals surface area contributed by atoms with Crippen molar-refractivity contribution in [1.82, 2.24) is 19.8 Å². The molecule has 0 saturated carbocycles. The number of likely N-dealkylation sites (tertiary alicyclic amines) is 1. The van der Waals surface area contributed by atoms with Crippen LogP contribution in [0.25, 0.3) is 0 Å². The number of rotatable bonds is 5. The Balaban J connectivity index is 2.31. The van der Waals surface area contributed by atoms with Crippen molar-refractivity contribution in [3.63, 3.8) is 0 Å². The zero-order chi connectivity index (χ0) is 15.4. The molecule has 1 aromatic heterocycles. The Morgan fingerprint density at radius 1 is 1.33 bits per heavy atom. The smallest absolute Gasteiger partial charge is 0.148 e. The van der Waals surface area contributed by atoms with Gasteiger partial charge in [0.05, 0.1) is 11.7 Å². The van der Waals surface area contributed by atoms with Crippen molar-refractivity contribution >= 4 is 5.82 Å². The first-order chi connectivity index (χ1) is 10.0. The number of hydrogen-bond donors (Lipinski definition) is 1. The predicted octanol–water partition coefficient (Wildman–Crippen LogP) is 2.52. The fraction of sp³-hybridized carbons (Fsp3) is 0.750. The molecule has 0 aliphatic carbocycles. The van der Waals surface area contributed by atoms with Gasteiger partial charge >= 0.3 is 0 Å². The Morgan fingerprint density at radius 3 is 2.71 bits per heavy atom. The first-order valence-corrected chi connectivity index (χ1v) is 7.97. The number of hydrogen-bond acceptors (Lipinski definition) is 5. The van der Waals surface area contributed by atoms with E-state index in [0.29, 0.717) is 12.1 Å². The highest BCUT2D eigenvalue weighted by Crippen LogP contribution is 2.31. The summed E-state index contributed by atoms with van der Waals surface area (Å²) >= 11 is 0. The van der Waals surface area contributed by atoms with Gasteiger partial charge in [-0.2, -0.15) is 0 Å². The Kier molecular flexibility index (Phi) is 5.53. The van der Waals surface area contributed by atoms with Crippen LogP contribution < -0.4 is 5.32 Å². The van der Waals surface area contributed by atoms with E-state index in [1.54, 1.807) is 0 Å². The average molecular weight is 291 g/mol. The molecule has 0 spiro atoms. The van der Waals surface area contributed by atoms with E-state index in [1.165, 1.54) is 12.8 Å². The van der Waals surface area contributed by atoms with E-state index in [2.05, 4.69) is 43.1 Å². The zero-order valence-corrected chi connectivity index (χ0v) is 14.1. The van der Waals surface area contributed by atoms with Crippen LogP contribution in [0.15, 0.2) is 6.07 Å². The molecule has 1 fully saturated rings. The molecule has 0 amide bonds. The molecule has 1 atom stereocenters. The Labute approximate surface area is 128 Å². The van der Waals surface area contributed by atoms with Gasteiger partial charge in [0.25, 0.3) is 0 Å². The topological polar surface area (TPSA) is 44.3 Å². The van der Waals surface area contributed by atoms with Crippen LogP contribution in [0.2, 0.25) is 0 Å². The second-order valence-electron chi connectivity index (χ2n) is 6.43. The summed E-state index contributed by atoms with van der Waals surface area (Å²) < 4.78 is 0. The van der Waals surface area contributed by atoms with Crippen LogP contribution in [-0.2, 0) is 6.54 Å². The lowest BCUT2D eigenvalue weighted by atomic mass is 9.99. The van der Waals surface area contributed by atoms with Crippen molar-refractivity contribution in [3.05, 3.63) is 17.6 Å². The largest absolute Gasteiger partial charge is 0.373 e. The molecule has 0 aromatic carbocycles. The minimum Gasteiger partial charge on any atom is -0.373 e. The van der Waals surface area contributed by atoms with Gasteiger partial charge in [-0.3, -0.25) is 4.90 Å². The van der Waals surface area contributed by atoms with Gasteiger partial charge in [-0.25, -0.2) is 9.97 Å². The molecule has 0 bridgehead atoms. The van der Waals surface area contributed by atoms with Crippen LogP contribution in [0.1, 0.15) is 50.7 Å². The molecule has 1 saturated heterocycles. The van der Waals surface area contributed by atoms with Gasteiger partial charge in [0.1, 0.15) is 11.6 Å². The maximum Gasteiger partial charge on any atom is 0.148 e. The van der Waals surface area contributed by atoms with Crippen LogP contribution in [0.4, 0.5) is 5.82 Å². The van der Waals surface area contributed by atoms with Crippen LogP contribution in [-0.4, -0.2) is 53.5 Å². The van der Waals surface area contributed by atoms with Gasteiger partial charge in [0.2, 0.25) is 0 Å². The monoisotopic (exact) mass is 291 g/mol. The van der Waals surface area contributed by atoms with Crippen LogP contribution in [0.5, 0.6) is 0 Å². The number of piperidine rings is 1. The lowest BCUT2D eigenvalue weighted by molar-refractivity contribution is 0.106. The lowest BCUT2D eigenvalue weighted by Crippen LogP contribution is -2.39. The molecule has 1 unspecified atom stereocenters. The van der Waals surface area contributed by atoms with Crippen molar-refractivity contribution in [2.45, 2.75) is 51.7 Å². The maximum atomic E-state index is 4.84. The summed E-state index contributed by atoms with van der Waals surface area (Å²) in [4.78, 5) is 14.3. The van der Waals surface area contributed by atoms with Crippen molar-refractivity contribution in [2.75, 3.05) is 33.0 Å². The fourth-order valence-electron chi connectivity index (χ4n) is 3.05. The number of nitrogens with zero attached hydrogens (tertiary/aromatic N) is 4. The van der Waals surface area contributed by atoms with Gasteiger partial charge in [0, 0.05) is 25.7 Å². The molecule has 21 heavy (non-hydrogen) atoms. The van der Waals surface area contributed by atoms with Gasteiger partial charge in [-0.05, 0) is 47.3 Å². The third-order valence-electron chi connectivity index (χ3n) is 4.04. The molecule has 2 rings (SSSR count). The standard InChI is InChI=1S/C16H29N5/c1-12(2)21-9-7-6-8-14(21)16-18-13(11-20(4)5)10-15(17-3)19-16/h10,12,14H,6-9,11H2,1-5H3,(H,17,18,19). The lowest BCUT2D eigenvalue weighted by Gasteiger charge is -2.37. The average Bonchev–Trinajstić information content (AvgIpc) is 2.46. The van der Waals surface area contributed by atoms with Crippen molar-refractivity contribution < 1.29 is 0 Å². The third-order valence-corrected chi connectivity index (χ3v) is 4.04. The number of aromatic nitrogens is 2. The molecular weight excluding hydrogens is 262 g/mol. The maximum absolute atomic E-state index is 4.84. The Bertz CT molecular complexity index is 458. The SMILES string of the molecule is CNc1cc(CN(C)C)nc(C2CCCCN2C(C)C)n1. The van der Waals surface area contributed by atoms with Crippen LogP contribution in [0, 0.1) is 0 Å². The minimum atomic E-state index is 0.355. The second-order valence-corrected chi connectivity index (χ2v) is 6.43. The molecule has 1 aliphatic heterocycles. The van der Waals surface area contributed by atoms with E-state index >= 15 is 0 Å². The van der Waals surface area contributed by atoms with E-state index in [0.717, 1.165) is 36.8 Å². The molecular formula is C16H29N5. The van der Waals surface area contributed by atoms with Gasteiger partial charge in [0.15, 0.2) is 0 Å². The number of nitrogens with one attached hydrogen (secondary N) is 1. The fourth-order valence-corrected chi connectivity index (χ4v) is 3.05. The van der Waals surface area contributed by atoms with E-state index in [4.69, 9.17) is 9.97 Å². The summed E-state index contributed by atoms with van der Waals surface area (Å²) in [6.07, 6.45) is 3.71. The first-order valence-electron chi connectivity index (χ1n) is 7.97. The molecule has 2 heterocycles. The van der Waals surface area contributed by atoms with E-state index in [1.807, 2.05) is 13.1 Å². The summed E-state index contributed by atoms with van der Waals surface area (Å²) in [7, 11) is 6.07. The van der Waals surface area contributed by atoms with Gasteiger partial charge < -0.3 is 10.2 Å². The van der Waals surface area contributed by atoms with Crippen molar-refractivity contribution in [3.8, 4) is 0 Å². The minimum absolute atomic E-state index is 0.355. The van der Waals surface area contributed by atoms with Crippen molar-refractivity contribution in [2.24, 2.45) is 0 Å². The van der Waals surface area contributed by atoms with Gasteiger partial charge in [-0.1, -0.05) is 6.42 Å². The predicted molar refractivity (Wildman–Crippen MR) is 87.4 cm³/mol. The normalized spacial score (nSPS) is 20.2. The quantitative estimate of drug-likeness (QED) is 0.903. The highest BCUT2D eigenvalue weighted by atomic mass is 15.2. The summed E-state index contributed by atoms with van der Waals surface area (Å²) in [5, 5.41) is 3.18. The van der Waals surface area contributed by atoms with Crippen LogP contribution >= 0.6 is 0 Å². The molecule has 1 N–H and O–H groups in total. The summed E-state index contributed by atoms with van der Waals surface area (Å²) in [6.45, 7) is 6.53. The molecule has 5 nitrogen and oxygen atoms in total. The first kappa shape index (κ1) is 16.2. The summed E-state index contributed by atoms with van der Waals surface area (Å²) in [5.41, 5.74) is 1.09. The second kappa shape index (κ2) is 7.18. The third kappa shape index (κ3) is 4.14. The molecule has 0 radical (unpaired) electrons. The molecule has 1 aromatic rings. The van der Waals surface area contributed by atoms with E-state index in [-0.39, 0.29) is 0 Å². The van der Waals surface area contributed by atoms with Crippen molar-refractivity contribution in [1.29, 1.82) is 0 Å². The van der Waals surface area contributed by atoms with Gasteiger partial charge in [-0.15, -0.1) is 0 Å². The molecule has 1 aliphatic rings.